The van der Waals surface area contributed by atoms with E-state index in [9.17, 15) is 5.11 Å². The first kappa shape index (κ1) is 11.0. The molecule has 0 amide bonds. The number of aliphatic hydroxyl groups is 1. The molecule has 1 N–H and O–H groups in total. The standard InChI is InChI=1S/C12H24O/c1-2-3-5-10-12(13)11-8-6-4-7-9-11/h11-13H,2-10H2,1H3/t12-/m0/s1. The van der Waals surface area contributed by atoms with E-state index in [4.69, 9.17) is 0 Å². The van der Waals surface area contributed by atoms with Gasteiger partial charge in [-0.3, -0.25) is 0 Å². The van der Waals surface area contributed by atoms with E-state index in [-0.39, 0.29) is 6.10 Å². The summed E-state index contributed by atoms with van der Waals surface area (Å²) in [6, 6.07) is 0. The van der Waals surface area contributed by atoms with Gasteiger partial charge in [-0.2, -0.15) is 0 Å². The summed E-state index contributed by atoms with van der Waals surface area (Å²) in [6.07, 6.45) is 11.4. The number of rotatable bonds is 5. The zero-order valence-electron chi connectivity index (χ0n) is 8.97. The van der Waals surface area contributed by atoms with Crippen molar-refractivity contribution in [3.8, 4) is 0 Å². The SMILES string of the molecule is CCCCC[C@H](O)C1CCCCC1. The lowest BCUT2D eigenvalue weighted by atomic mass is 9.83. The van der Waals surface area contributed by atoms with Crippen LogP contribution in [0.25, 0.3) is 0 Å². The molecule has 0 spiro atoms. The van der Waals surface area contributed by atoms with Crippen LogP contribution < -0.4 is 0 Å². The van der Waals surface area contributed by atoms with E-state index in [1.54, 1.807) is 0 Å². The Balaban J connectivity index is 2.09. The van der Waals surface area contributed by atoms with Gasteiger partial charge < -0.3 is 5.11 Å². The van der Waals surface area contributed by atoms with Gasteiger partial charge in [0.15, 0.2) is 0 Å². The fraction of sp³-hybridized carbons (Fsp3) is 1.00. The molecule has 1 fully saturated rings. The lowest BCUT2D eigenvalue weighted by molar-refractivity contribution is 0.0749. The van der Waals surface area contributed by atoms with Crippen LogP contribution in [0.1, 0.15) is 64.7 Å². The van der Waals surface area contributed by atoms with Crippen molar-refractivity contribution in [3.63, 3.8) is 0 Å². The van der Waals surface area contributed by atoms with Crippen LogP contribution in [0.3, 0.4) is 0 Å². The summed E-state index contributed by atoms with van der Waals surface area (Å²) in [4.78, 5) is 0. The Labute approximate surface area is 82.5 Å². The van der Waals surface area contributed by atoms with E-state index in [0.29, 0.717) is 5.92 Å². The first-order chi connectivity index (χ1) is 6.34. The average Bonchev–Trinajstić information content (AvgIpc) is 2.19. The largest absolute Gasteiger partial charge is 0.393 e. The molecule has 13 heavy (non-hydrogen) atoms. The van der Waals surface area contributed by atoms with Crippen molar-refractivity contribution in [1.82, 2.24) is 0 Å². The highest BCUT2D eigenvalue weighted by Crippen LogP contribution is 2.28. The van der Waals surface area contributed by atoms with Crippen LogP contribution in [0.15, 0.2) is 0 Å². The molecule has 1 atom stereocenters. The third-order valence-electron chi connectivity index (χ3n) is 3.30. The van der Waals surface area contributed by atoms with Crippen molar-refractivity contribution in [2.75, 3.05) is 0 Å². The zero-order chi connectivity index (χ0) is 9.52. The minimum atomic E-state index is 0.00634. The molecule has 78 valence electrons. The second kappa shape index (κ2) is 6.42. The fourth-order valence-electron chi connectivity index (χ4n) is 2.36. The molecule has 1 aliphatic carbocycles. The fourth-order valence-corrected chi connectivity index (χ4v) is 2.36. The van der Waals surface area contributed by atoms with Crippen molar-refractivity contribution in [2.24, 2.45) is 5.92 Å². The van der Waals surface area contributed by atoms with E-state index in [2.05, 4.69) is 6.92 Å². The van der Waals surface area contributed by atoms with Gasteiger partial charge >= 0.3 is 0 Å². The number of hydrogen-bond acceptors (Lipinski definition) is 1. The monoisotopic (exact) mass is 184 g/mol. The van der Waals surface area contributed by atoms with Crippen LogP contribution in [-0.2, 0) is 0 Å². The summed E-state index contributed by atoms with van der Waals surface area (Å²) < 4.78 is 0. The minimum Gasteiger partial charge on any atom is -0.393 e. The second-order valence-corrected chi connectivity index (χ2v) is 4.46. The lowest BCUT2D eigenvalue weighted by Gasteiger charge is -2.26. The van der Waals surface area contributed by atoms with Crippen LogP contribution in [0.5, 0.6) is 0 Å². The summed E-state index contributed by atoms with van der Waals surface area (Å²) in [5, 5.41) is 9.90. The Bertz CT molecular complexity index is 116. The Morgan fingerprint density at radius 3 is 2.46 bits per heavy atom. The highest BCUT2D eigenvalue weighted by Gasteiger charge is 2.20. The Kier molecular flexibility index (Phi) is 5.45. The van der Waals surface area contributed by atoms with Crippen LogP contribution in [0, 0.1) is 5.92 Å². The van der Waals surface area contributed by atoms with Gasteiger partial charge in [-0.15, -0.1) is 0 Å². The van der Waals surface area contributed by atoms with Crippen molar-refractivity contribution >= 4 is 0 Å². The molecule has 0 aromatic rings. The van der Waals surface area contributed by atoms with Crippen LogP contribution in [0.2, 0.25) is 0 Å². The molecule has 0 aromatic heterocycles. The summed E-state index contributed by atoms with van der Waals surface area (Å²) >= 11 is 0. The second-order valence-electron chi connectivity index (χ2n) is 4.46. The van der Waals surface area contributed by atoms with Gasteiger partial charge in [0.1, 0.15) is 0 Å². The summed E-state index contributed by atoms with van der Waals surface area (Å²) in [6.45, 7) is 2.22. The van der Waals surface area contributed by atoms with Crippen LogP contribution in [0.4, 0.5) is 0 Å². The predicted octanol–water partition coefficient (Wildman–Crippen LogP) is 3.51. The van der Waals surface area contributed by atoms with Crippen molar-refractivity contribution in [2.45, 2.75) is 70.8 Å². The maximum absolute atomic E-state index is 9.90. The smallest absolute Gasteiger partial charge is 0.0568 e. The molecule has 0 saturated heterocycles. The first-order valence-corrected chi connectivity index (χ1v) is 6.02. The third kappa shape index (κ3) is 4.12. The normalized spacial score (nSPS) is 21.7. The molecule has 1 saturated carbocycles. The van der Waals surface area contributed by atoms with Gasteiger partial charge in [-0.25, -0.2) is 0 Å². The number of unbranched alkanes of at least 4 members (excludes halogenated alkanes) is 2. The van der Waals surface area contributed by atoms with E-state index < -0.39 is 0 Å². The molecule has 0 radical (unpaired) electrons. The molecule has 0 heterocycles. The van der Waals surface area contributed by atoms with Gasteiger partial charge in [0.2, 0.25) is 0 Å². The topological polar surface area (TPSA) is 20.2 Å². The molecule has 1 rings (SSSR count). The van der Waals surface area contributed by atoms with E-state index in [1.807, 2.05) is 0 Å². The first-order valence-electron chi connectivity index (χ1n) is 6.02. The summed E-state index contributed by atoms with van der Waals surface area (Å²) in [5.74, 6) is 0.630. The van der Waals surface area contributed by atoms with E-state index in [0.717, 1.165) is 6.42 Å². The van der Waals surface area contributed by atoms with Gasteiger partial charge in [0.25, 0.3) is 0 Å². The molecular formula is C12H24O. The molecule has 0 unspecified atom stereocenters. The minimum absolute atomic E-state index is 0.00634. The van der Waals surface area contributed by atoms with Crippen molar-refractivity contribution in [3.05, 3.63) is 0 Å². The zero-order valence-corrected chi connectivity index (χ0v) is 8.97. The quantitative estimate of drug-likeness (QED) is 0.648. The maximum Gasteiger partial charge on any atom is 0.0568 e. The summed E-state index contributed by atoms with van der Waals surface area (Å²) in [5.41, 5.74) is 0. The van der Waals surface area contributed by atoms with Gasteiger partial charge in [0, 0.05) is 0 Å². The van der Waals surface area contributed by atoms with Crippen LogP contribution in [-0.4, -0.2) is 11.2 Å². The number of hydrogen-bond donors (Lipinski definition) is 1. The predicted molar refractivity (Wildman–Crippen MR) is 56.7 cm³/mol. The third-order valence-corrected chi connectivity index (χ3v) is 3.30. The maximum atomic E-state index is 9.90. The van der Waals surface area contributed by atoms with Crippen molar-refractivity contribution < 1.29 is 5.11 Å². The molecule has 1 heteroatoms. The highest BCUT2D eigenvalue weighted by atomic mass is 16.3. The van der Waals surface area contributed by atoms with Crippen molar-refractivity contribution in [1.29, 1.82) is 0 Å². The van der Waals surface area contributed by atoms with E-state index >= 15 is 0 Å². The van der Waals surface area contributed by atoms with Gasteiger partial charge in [-0.1, -0.05) is 45.4 Å². The van der Waals surface area contributed by atoms with E-state index in [1.165, 1.54) is 51.4 Å². The summed E-state index contributed by atoms with van der Waals surface area (Å²) in [7, 11) is 0. The molecule has 1 aliphatic rings. The van der Waals surface area contributed by atoms with Gasteiger partial charge in [-0.05, 0) is 25.2 Å². The van der Waals surface area contributed by atoms with Gasteiger partial charge in [0.05, 0.1) is 6.10 Å². The molecule has 0 aliphatic heterocycles. The highest BCUT2D eigenvalue weighted by molar-refractivity contribution is 4.72. The molecule has 0 bridgehead atoms. The molecular weight excluding hydrogens is 160 g/mol. The average molecular weight is 184 g/mol. The number of aliphatic hydroxyl groups excluding tert-OH is 1. The Hall–Kier alpha value is -0.0400. The molecule has 1 nitrogen and oxygen atoms in total. The Morgan fingerprint density at radius 2 is 1.85 bits per heavy atom. The Morgan fingerprint density at radius 1 is 1.15 bits per heavy atom. The lowest BCUT2D eigenvalue weighted by Crippen LogP contribution is -2.22. The van der Waals surface area contributed by atoms with Crippen LogP contribution >= 0.6 is 0 Å². The molecule has 0 aromatic carbocycles.